The Labute approximate surface area is 143 Å². The zero-order valence-corrected chi connectivity index (χ0v) is 16.0. The minimum Gasteiger partial charge on any atom is -0.355 e. The van der Waals surface area contributed by atoms with Crippen molar-refractivity contribution in [2.45, 2.75) is 66.3 Å². The summed E-state index contributed by atoms with van der Waals surface area (Å²) in [6, 6.07) is 0.461. The molecule has 0 spiro atoms. The van der Waals surface area contributed by atoms with Gasteiger partial charge in [-0.3, -0.25) is 9.69 Å². The lowest BCUT2D eigenvalue weighted by molar-refractivity contribution is -0.122. The highest BCUT2D eigenvalue weighted by atomic mass is 16.1. The summed E-state index contributed by atoms with van der Waals surface area (Å²) in [5.74, 6) is 2.09. The van der Waals surface area contributed by atoms with Crippen molar-refractivity contribution in [2.75, 3.05) is 32.7 Å². The van der Waals surface area contributed by atoms with Gasteiger partial charge in [-0.05, 0) is 63.2 Å². The van der Waals surface area contributed by atoms with Gasteiger partial charge in [0.05, 0.1) is 0 Å². The van der Waals surface area contributed by atoms with Crippen LogP contribution in [0.15, 0.2) is 0 Å². The van der Waals surface area contributed by atoms with Crippen LogP contribution in [0.3, 0.4) is 0 Å². The number of nitrogens with zero attached hydrogens (tertiary/aromatic N) is 1. The monoisotopic (exact) mass is 325 g/mol. The molecule has 1 heterocycles. The Hall–Kier alpha value is -0.610. The maximum atomic E-state index is 12.3. The maximum Gasteiger partial charge on any atom is 0.220 e. The zero-order chi connectivity index (χ0) is 17.2. The average Bonchev–Trinajstić information content (AvgIpc) is 2.53. The van der Waals surface area contributed by atoms with E-state index in [2.05, 4.69) is 50.2 Å². The first-order valence-electron chi connectivity index (χ1n) is 9.69. The Morgan fingerprint density at radius 2 is 1.78 bits per heavy atom. The Kier molecular flexibility index (Phi) is 9.80. The lowest BCUT2D eigenvalue weighted by Gasteiger charge is -2.32. The summed E-state index contributed by atoms with van der Waals surface area (Å²) >= 11 is 0. The van der Waals surface area contributed by atoms with E-state index < -0.39 is 0 Å². The summed E-state index contributed by atoms with van der Waals surface area (Å²) < 4.78 is 0. The summed E-state index contributed by atoms with van der Waals surface area (Å²) in [4.78, 5) is 14.8. The third-order valence-electron chi connectivity index (χ3n) is 5.30. The molecule has 1 fully saturated rings. The van der Waals surface area contributed by atoms with Gasteiger partial charge in [-0.1, -0.05) is 34.6 Å². The van der Waals surface area contributed by atoms with Gasteiger partial charge in [-0.15, -0.1) is 0 Å². The number of likely N-dealkylation sites (N-methyl/N-ethyl adjacent to an activating group) is 1. The van der Waals surface area contributed by atoms with Crippen LogP contribution in [0.4, 0.5) is 0 Å². The van der Waals surface area contributed by atoms with Gasteiger partial charge in [0.25, 0.3) is 0 Å². The Bertz CT molecular complexity index is 323. The van der Waals surface area contributed by atoms with Crippen LogP contribution in [-0.2, 0) is 4.79 Å². The summed E-state index contributed by atoms with van der Waals surface area (Å²) in [6.07, 6.45) is 4.25. The van der Waals surface area contributed by atoms with Crippen LogP contribution in [0, 0.1) is 17.8 Å². The van der Waals surface area contributed by atoms with Crippen molar-refractivity contribution >= 4 is 5.91 Å². The zero-order valence-electron chi connectivity index (χ0n) is 16.0. The number of carbonyl (C=O) groups excluding carboxylic acids is 1. The molecule has 0 bridgehead atoms. The minimum absolute atomic E-state index is 0.233. The predicted molar refractivity (Wildman–Crippen MR) is 98.5 cm³/mol. The van der Waals surface area contributed by atoms with E-state index in [-0.39, 0.29) is 5.91 Å². The molecule has 136 valence electrons. The van der Waals surface area contributed by atoms with E-state index in [9.17, 15) is 4.79 Å². The van der Waals surface area contributed by atoms with E-state index in [1.54, 1.807) is 0 Å². The van der Waals surface area contributed by atoms with Crippen molar-refractivity contribution in [1.82, 2.24) is 15.5 Å². The highest BCUT2D eigenvalue weighted by molar-refractivity contribution is 5.76. The smallest absolute Gasteiger partial charge is 0.220 e. The molecule has 0 aliphatic carbocycles. The van der Waals surface area contributed by atoms with Gasteiger partial charge in [-0.25, -0.2) is 0 Å². The van der Waals surface area contributed by atoms with Crippen LogP contribution in [0.1, 0.15) is 60.3 Å². The highest BCUT2D eigenvalue weighted by Crippen LogP contribution is 2.24. The molecular formula is C19H39N3O. The molecule has 1 saturated heterocycles. The number of hydrogen-bond donors (Lipinski definition) is 2. The molecule has 2 unspecified atom stereocenters. The van der Waals surface area contributed by atoms with Crippen LogP contribution in [0.5, 0.6) is 0 Å². The SMILES string of the molecule is CCN(CC)C(CNC(=O)CC(C)C1CCNCC1)CC(C)C. The fourth-order valence-corrected chi connectivity index (χ4v) is 3.82. The molecule has 2 N–H and O–H groups in total. The van der Waals surface area contributed by atoms with Crippen LogP contribution in [-0.4, -0.2) is 49.6 Å². The molecule has 0 radical (unpaired) electrons. The lowest BCUT2D eigenvalue weighted by Crippen LogP contribution is -2.45. The Morgan fingerprint density at radius 3 is 2.30 bits per heavy atom. The van der Waals surface area contributed by atoms with E-state index in [1.807, 2.05) is 0 Å². The molecule has 1 aliphatic rings. The van der Waals surface area contributed by atoms with Gasteiger partial charge < -0.3 is 10.6 Å². The molecule has 4 heteroatoms. The fraction of sp³-hybridized carbons (Fsp3) is 0.947. The third-order valence-corrected chi connectivity index (χ3v) is 5.30. The number of hydrogen-bond acceptors (Lipinski definition) is 3. The van der Waals surface area contributed by atoms with Crippen molar-refractivity contribution in [1.29, 1.82) is 0 Å². The molecule has 23 heavy (non-hydrogen) atoms. The number of amides is 1. The van der Waals surface area contributed by atoms with Gasteiger partial charge >= 0.3 is 0 Å². The fourth-order valence-electron chi connectivity index (χ4n) is 3.82. The quantitative estimate of drug-likeness (QED) is 0.649. The molecule has 0 saturated carbocycles. The highest BCUT2D eigenvalue weighted by Gasteiger charge is 2.23. The van der Waals surface area contributed by atoms with Gasteiger partial charge in [0, 0.05) is 19.0 Å². The number of rotatable bonds is 10. The molecule has 0 aromatic heterocycles. The first-order valence-corrected chi connectivity index (χ1v) is 9.69. The number of piperidine rings is 1. The van der Waals surface area contributed by atoms with Crippen LogP contribution < -0.4 is 10.6 Å². The molecule has 2 atom stereocenters. The van der Waals surface area contributed by atoms with E-state index in [4.69, 9.17) is 0 Å². The Morgan fingerprint density at radius 1 is 1.17 bits per heavy atom. The molecule has 0 aromatic carbocycles. The van der Waals surface area contributed by atoms with E-state index in [1.165, 1.54) is 12.8 Å². The van der Waals surface area contributed by atoms with Crippen molar-refractivity contribution in [2.24, 2.45) is 17.8 Å². The number of nitrogens with one attached hydrogen (secondary N) is 2. The van der Waals surface area contributed by atoms with Crippen LogP contribution in [0.25, 0.3) is 0 Å². The largest absolute Gasteiger partial charge is 0.355 e. The van der Waals surface area contributed by atoms with E-state index in [0.717, 1.165) is 39.1 Å². The molecular weight excluding hydrogens is 286 g/mol. The summed E-state index contributed by atoms with van der Waals surface area (Å²) in [6.45, 7) is 16.3. The summed E-state index contributed by atoms with van der Waals surface area (Å²) in [7, 11) is 0. The predicted octanol–water partition coefficient (Wildman–Crippen LogP) is 2.88. The second kappa shape index (κ2) is 11.0. The topological polar surface area (TPSA) is 44.4 Å². The minimum atomic E-state index is 0.233. The first kappa shape index (κ1) is 20.4. The first-order chi connectivity index (χ1) is 11.0. The Balaban J connectivity index is 2.41. The van der Waals surface area contributed by atoms with Gasteiger partial charge in [0.15, 0.2) is 0 Å². The number of carbonyl (C=O) groups is 1. The second-order valence-corrected chi connectivity index (χ2v) is 7.58. The normalized spacial score (nSPS) is 19.1. The van der Waals surface area contributed by atoms with Crippen molar-refractivity contribution in [3.63, 3.8) is 0 Å². The molecule has 0 aromatic rings. The average molecular weight is 326 g/mol. The standard InChI is InChI=1S/C19H39N3O/c1-6-22(7-2)18(12-15(3)4)14-21-19(23)13-16(5)17-8-10-20-11-9-17/h15-18,20H,6-14H2,1-5H3,(H,21,23). The van der Waals surface area contributed by atoms with Crippen LogP contribution in [0.2, 0.25) is 0 Å². The second-order valence-electron chi connectivity index (χ2n) is 7.58. The van der Waals surface area contributed by atoms with E-state index in [0.29, 0.717) is 30.2 Å². The molecule has 1 rings (SSSR count). The summed E-state index contributed by atoms with van der Waals surface area (Å²) in [5.41, 5.74) is 0. The van der Waals surface area contributed by atoms with E-state index >= 15 is 0 Å². The van der Waals surface area contributed by atoms with Gasteiger partial charge in [0.2, 0.25) is 5.91 Å². The lowest BCUT2D eigenvalue weighted by atomic mass is 9.84. The maximum absolute atomic E-state index is 12.3. The van der Waals surface area contributed by atoms with Gasteiger partial charge in [-0.2, -0.15) is 0 Å². The van der Waals surface area contributed by atoms with Gasteiger partial charge in [0.1, 0.15) is 0 Å². The molecule has 1 amide bonds. The van der Waals surface area contributed by atoms with Crippen molar-refractivity contribution in [3.8, 4) is 0 Å². The molecule has 1 aliphatic heterocycles. The van der Waals surface area contributed by atoms with Crippen molar-refractivity contribution < 1.29 is 4.79 Å². The van der Waals surface area contributed by atoms with Crippen LogP contribution >= 0.6 is 0 Å². The summed E-state index contributed by atoms with van der Waals surface area (Å²) in [5, 5.41) is 6.61. The van der Waals surface area contributed by atoms with Crippen molar-refractivity contribution in [3.05, 3.63) is 0 Å². The third kappa shape index (κ3) is 7.67. The molecule has 4 nitrogen and oxygen atoms in total.